The van der Waals surface area contributed by atoms with Crippen molar-refractivity contribution in [2.24, 2.45) is 4.99 Å². The molecule has 0 saturated carbocycles. The molecule has 0 aromatic heterocycles. The molecular weight excluding hydrogens is 148 g/mol. The van der Waals surface area contributed by atoms with Crippen LogP contribution in [-0.2, 0) is 0 Å². The fourth-order valence-corrected chi connectivity index (χ4v) is 1.10. The lowest BCUT2D eigenvalue weighted by Crippen LogP contribution is -1.85. The van der Waals surface area contributed by atoms with Gasteiger partial charge in [-0.2, -0.15) is 5.26 Å². The number of aliphatic imine (C=N–C) groups is 1. The van der Waals surface area contributed by atoms with Crippen LogP contribution < -0.4 is 0 Å². The maximum absolute atomic E-state index is 8.66. The Morgan fingerprint density at radius 2 is 2.17 bits per heavy atom. The first-order valence-corrected chi connectivity index (χ1v) is 3.70. The molecule has 0 bridgehead atoms. The molecule has 2 nitrogen and oxygen atoms in total. The molecule has 0 aliphatic heterocycles. The van der Waals surface area contributed by atoms with Crippen LogP contribution >= 0.6 is 0 Å². The molecule has 0 spiro atoms. The molecule has 60 valence electrons. The molecule has 0 aliphatic rings. The van der Waals surface area contributed by atoms with E-state index in [4.69, 9.17) is 5.26 Å². The Kier molecular flexibility index (Phi) is 2.60. The quantitative estimate of drug-likeness (QED) is 0.575. The van der Waals surface area contributed by atoms with Gasteiger partial charge in [-0.1, -0.05) is 6.07 Å². The third-order valence-corrected chi connectivity index (χ3v) is 1.51. The van der Waals surface area contributed by atoms with E-state index in [0.717, 1.165) is 11.1 Å². The summed E-state index contributed by atoms with van der Waals surface area (Å²) in [7, 11) is 1.72. The lowest BCUT2D eigenvalue weighted by molar-refractivity contribution is 1.40. The van der Waals surface area contributed by atoms with Gasteiger partial charge in [-0.3, -0.25) is 4.99 Å². The number of hydrogen-bond donors (Lipinski definition) is 0. The lowest BCUT2D eigenvalue weighted by Gasteiger charge is -1.96. The molecule has 1 aromatic carbocycles. The lowest BCUT2D eigenvalue weighted by atomic mass is 10.1. The molecule has 0 aliphatic carbocycles. The number of hydrogen-bond acceptors (Lipinski definition) is 2. The first-order valence-electron chi connectivity index (χ1n) is 3.70. The summed E-state index contributed by atoms with van der Waals surface area (Å²) in [5.74, 6) is 0. The van der Waals surface area contributed by atoms with Gasteiger partial charge in [0.2, 0.25) is 0 Å². The Morgan fingerprint density at radius 3 is 2.75 bits per heavy atom. The summed E-state index contributed by atoms with van der Waals surface area (Å²) < 4.78 is 0. The van der Waals surface area contributed by atoms with Crippen molar-refractivity contribution < 1.29 is 0 Å². The van der Waals surface area contributed by atoms with Gasteiger partial charge >= 0.3 is 0 Å². The second kappa shape index (κ2) is 3.68. The van der Waals surface area contributed by atoms with Crippen LogP contribution in [0.25, 0.3) is 0 Å². The van der Waals surface area contributed by atoms with Crippen molar-refractivity contribution in [3.05, 3.63) is 34.9 Å². The van der Waals surface area contributed by atoms with Crippen LogP contribution in [0.2, 0.25) is 0 Å². The van der Waals surface area contributed by atoms with Gasteiger partial charge in [0.15, 0.2) is 0 Å². The summed E-state index contributed by atoms with van der Waals surface area (Å²) in [5, 5.41) is 8.66. The average Bonchev–Trinajstić information content (AvgIpc) is 2.04. The van der Waals surface area contributed by atoms with Crippen LogP contribution in [0.4, 0.5) is 0 Å². The summed E-state index contributed by atoms with van der Waals surface area (Å²) >= 11 is 0. The van der Waals surface area contributed by atoms with Gasteiger partial charge in [-0.15, -0.1) is 0 Å². The molecule has 1 rings (SSSR count). The monoisotopic (exact) mass is 158 g/mol. The van der Waals surface area contributed by atoms with E-state index in [1.807, 2.05) is 25.1 Å². The van der Waals surface area contributed by atoms with E-state index in [1.165, 1.54) is 0 Å². The molecule has 0 N–H and O–H groups in total. The van der Waals surface area contributed by atoms with E-state index in [1.54, 1.807) is 13.3 Å². The molecule has 1 aromatic rings. The summed E-state index contributed by atoms with van der Waals surface area (Å²) in [6, 6.07) is 7.77. The summed E-state index contributed by atoms with van der Waals surface area (Å²) in [5.41, 5.74) is 2.75. The normalized spacial score (nSPS) is 10.1. The van der Waals surface area contributed by atoms with Gasteiger partial charge in [0, 0.05) is 13.3 Å². The van der Waals surface area contributed by atoms with Crippen LogP contribution in [0.3, 0.4) is 0 Å². The van der Waals surface area contributed by atoms with E-state index >= 15 is 0 Å². The van der Waals surface area contributed by atoms with E-state index in [0.29, 0.717) is 5.56 Å². The number of nitriles is 1. The van der Waals surface area contributed by atoms with Crippen LogP contribution in [0.15, 0.2) is 23.2 Å². The van der Waals surface area contributed by atoms with Crippen LogP contribution in [0.1, 0.15) is 16.7 Å². The first-order chi connectivity index (χ1) is 5.76. The second-order valence-electron chi connectivity index (χ2n) is 2.63. The Hall–Kier alpha value is -1.62. The zero-order valence-electron chi connectivity index (χ0n) is 7.20. The Labute approximate surface area is 72.2 Å². The van der Waals surface area contributed by atoms with E-state index in [-0.39, 0.29) is 0 Å². The summed E-state index contributed by atoms with van der Waals surface area (Å²) in [4.78, 5) is 3.89. The van der Waals surface area contributed by atoms with E-state index < -0.39 is 0 Å². The van der Waals surface area contributed by atoms with Gasteiger partial charge in [-0.05, 0) is 30.2 Å². The summed E-state index contributed by atoms with van der Waals surface area (Å²) in [6.07, 6.45) is 1.74. The van der Waals surface area contributed by atoms with Crippen LogP contribution in [0, 0.1) is 18.3 Å². The van der Waals surface area contributed by atoms with Gasteiger partial charge in [0.05, 0.1) is 11.6 Å². The average molecular weight is 158 g/mol. The highest BCUT2D eigenvalue weighted by Crippen LogP contribution is 2.06. The predicted octanol–water partition coefficient (Wildman–Crippen LogP) is 1.92. The number of benzene rings is 1. The van der Waals surface area contributed by atoms with Crippen molar-refractivity contribution in [2.45, 2.75) is 6.92 Å². The first kappa shape index (κ1) is 8.48. The van der Waals surface area contributed by atoms with Gasteiger partial charge < -0.3 is 0 Å². The number of nitrogens with zero attached hydrogens (tertiary/aromatic N) is 2. The third kappa shape index (κ3) is 1.93. The van der Waals surface area contributed by atoms with Gasteiger partial charge in [0.25, 0.3) is 0 Å². The Morgan fingerprint density at radius 1 is 1.42 bits per heavy atom. The fourth-order valence-electron chi connectivity index (χ4n) is 1.10. The van der Waals surface area contributed by atoms with Gasteiger partial charge in [0.1, 0.15) is 0 Å². The second-order valence-corrected chi connectivity index (χ2v) is 2.63. The highest BCUT2D eigenvalue weighted by Gasteiger charge is 1.94. The Bertz CT molecular complexity index is 345. The Balaban J connectivity index is 3.17. The highest BCUT2D eigenvalue weighted by atomic mass is 14.6. The van der Waals surface area contributed by atoms with Crippen molar-refractivity contribution in [3.63, 3.8) is 0 Å². The number of rotatable bonds is 1. The largest absolute Gasteiger partial charge is 0.296 e. The molecule has 0 heterocycles. The molecule has 0 saturated heterocycles. The minimum atomic E-state index is 0.685. The topological polar surface area (TPSA) is 36.1 Å². The SMILES string of the molecule is CN=Cc1cc(C)cc(C#N)c1. The minimum Gasteiger partial charge on any atom is -0.296 e. The van der Waals surface area contributed by atoms with Crippen molar-refractivity contribution in [1.29, 1.82) is 5.26 Å². The van der Waals surface area contributed by atoms with Crippen molar-refractivity contribution in [3.8, 4) is 6.07 Å². The molecule has 2 heteroatoms. The zero-order chi connectivity index (χ0) is 8.97. The fraction of sp³-hybridized carbons (Fsp3) is 0.200. The number of aryl methyl sites for hydroxylation is 1. The summed E-state index contributed by atoms with van der Waals surface area (Å²) in [6.45, 7) is 1.97. The van der Waals surface area contributed by atoms with E-state index in [9.17, 15) is 0 Å². The molecule has 0 fully saturated rings. The molecule has 0 amide bonds. The van der Waals surface area contributed by atoms with Crippen molar-refractivity contribution in [1.82, 2.24) is 0 Å². The van der Waals surface area contributed by atoms with Crippen molar-refractivity contribution >= 4 is 6.21 Å². The van der Waals surface area contributed by atoms with E-state index in [2.05, 4.69) is 11.1 Å². The standard InChI is InChI=1S/C10H10N2/c1-8-3-9(6-11)5-10(4-8)7-12-2/h3-5,7H,1-2H3. The van der Waals surface area contributed by atoms with Crippen molar-refractivity contribution in [2.75, 3.05) is 7.05 Å². The molecule has 0 unspecified atom stereocenters. The predicted molar refractivity (Wildman–Crippen MR) is 49.4 cm³/mol. The van der Waals surface area contributed by atoms with Crippen LogP contribution in [0.5, 0.6) is 0 Å². The van der Waals surface area contributed by atoms with Crippen LogP contribution in [-0.4, -0.2) is 13.3 Å². The molecule has 0 atom stereocenters. The highest BCUT2D eigenvalue weighted by molar-refractivity contribution is 5.80. The third-order valence-electron chi connectivity index (χ3n) is 1.51. The molecule has 12 heavy (non-hydrogen) atoms. The maximum atomic E-state index is 8.66. The smallest absolute Gasteiger partial charge is 0.0991 e. The maximum Gasteiger partial charge on any atom is 0.0991 e. The molecule has 0 radical (unpaired) electrons. The van der Waals surface area contributed by atoms with Gasteiger partial charge in [-0.25, -0.2) is 0 Å². The zero-order valence-corrected chi connectivity index (χ0v) is 7.20. The molecular formula is C10H10N2. The minimum absolute atomic E-state index is 0.685.